The van der Waals surface area contributed by atoms with Crippen LogP contribution >= 0.6 is 24.0 Å². The van der Waals surface area contributed by atoms with E-state index in [0.717, 1.165) is 44.9 Å². The summed E-state index contributed by atoms with van der Waals surface area (Å²) in [6, 6.07) is 8.39. The maximum atomic E-state index is 4.28. The third kappa shape index (κ3) is 5.72. The Balaban J connectivity index is 0.00000243. The second-order valence-electron chi connectivity index (χ2n) is 5.94. The average Bonchev–Trinajstić information content (AvgIpc) is 3.30. The number of hydrogen-bond donors (Lipinski definition) is 3. The van der Waals surface area contributed by atoms with Gasteiger partial charge in [-0.2, -0.15) is 0 Å². The molecule has 0 aliphatic carbocycles. The Labute approximate surface area is 170 Å². The summed E-state index contributed by atoms with van der Waals surface area (Å²) < 4.78 is 1.99. The molecule has 0 spiro atoms. The van der Waals surface area contributed by atoms with Gasteiger partial charge in [-0.15, -0.1) is 34.2 Å². The molecule has 0 fully saturated rings. The Kier molecular flexibility index (Phi) is 8.39. The minimum atomic E-state index is 0. The number of hydrogen-bond acceptors (Lipinski definition) is 3. The highest BCUT2D eigenvalue weighted by molar-refractivity contribution is 14.0. The predicted octanol–water partition coefficient (Wildman–Crippen LogP) is 2.57. The zero-order valence-electron chi connectivity index (χ0n) is 15.0. The van der Waals surface area contributed by atoms with Crippen molar-refractivity contribution in [3.8, 4) is 0 Å². The number of rotatable bonds is 8. The lowest BCUT2D eigenvalue weighted by molar-refractivity contribution is 0.597. The Bertz CT molecular complexity index is 795. The third-order valence-corrected chi connectivity index (χ3v) is 4.19. The van der Waals surface area contributed by atoms with Crippen LogP contribution in [0.4, 0.5) is 0 Å². The first-order chi connectivity index (χ1) is 12.4. The smallest absolute Gasteiger partial charge is 0.190 e. The number of guanidine groups is 1. The van der Waals surface area contributed by atoms with E-state index in [2.05, 4.69) is 61.3 Å². The van der Waals surface area contributed by atoms with E-state index >= 15 is 0 Å². The van der Waals surface area contributed by atoms with Gasteiger partial charge in [0.25, 0.3) is 0 Å². The molecule has 0 radical (unpaired) electrons. The molecule has 0 amide bonds. The van der Waals surface area contributed by atoms with Crippen LogP contribution in [0.25, 0.3) is 10.9 Å². The van der Waals surface area contributed by atoms with Gasteiger partial charge in [0.15, 0.2) is 5.96 Å². The van der Waals surface area contributed by atoms with Gasteiger partial charge in [-0.25, -0.2) is 0 Å². The Morgan fingerprint density at radius 2 is 1.88 bits per heavy atom. The molecule has 0 unspecified atom stereocenters. The molecule has 140 valence electrons. The normalized spacial score (nSPS) is 11.3. The van der Waals surface area contributed by atoms with Gasteiger partial charge >= 0.3 is 0 Å². The zero-order valence-corrected chi connectivity index (χ0v) is 17.3. The van der Waals surface area contributed by atoms with Crippen LogP contribution in [0, 0.1) is 0 Å². The van der Waals surface area contributed by atoms with Crippen LogP contribution in [0.15, 0.2) is 48.1 Å². The Hall–Kier alpha value is -2.10. The van der Waals surface area contributed by atoms with Gasteiger partial charge in [0.05, 0.1) is 0 Å². The highest BCUT2D eigenvalue weighted by Gasteiger charge is 2.03. The molecular formula is C18H26IN7. The standard InChI is InChI=1S/C18H25N7.HI/c1-19-18(20-9-4-5-11-25-13-23-24-14-25)21-10-8-15-12-22-17-7-3-2-6-16(15)17;/h2-3,6-7,12-14,22H,4-5,8-11H2,1H3,(H2,19,20,21);1H. The number of nitrogens with zero attached hydrogens (tertiary/aromatic N) is 4. The lowest BCUT2D eigenvalue weighted by Crippen LogP contribution is -2.38. The van der Waals surface area contributed by atoms with Crippen LogP contribution in [0.3, 0.4) is 0 Å². The molecule has 0 saturated carbocycles. The molecular weight excluding hydrogens is 441 g/mol. The van der Waals surface area contributed by atoms with Crippen LogP contribution < -0.4 is 10.6 Å². The van der Waals surface area contributed by atoms with Crippen LogP contribution in [-0.2, 0) is 13.0 Å². The Morgan fingerprint density at radius 1 is 1.12 bits per heavy atom. The lowest BCUT2D eigenvalue weighted by atomic mass is 10.1. The maximum absolute atomic E-state index is 4.28. The summed E-state index contributed by atoms with van der Waals surface area (Å²) in [6.45, 7) is 2.69. The van der Waals surface area contributed by atoms with Gasteiger partial charge < -0.3 is 20.2 Å². The zero-order chi connectivity index (χ0) is 17.3. The molecule has 26 heavy (non-hydrogen) atoms. The molecule has 0 aliphatic rings. The number of fused-ring (bicyclic) bond motifs is 1. The van der Waals surface area contributed by atoms with Gasteiger partial charge in [-0.3, -0.25) is 4.99 Å². The van der Waals surface area contributed by atoms with Crippen LogP contribution in [0.5, 0.6) is 0 Å². The molecule has 2 heterocycles. The van der Waals surface area contributed by atoms with Crippen molar-refractivity contribution in [3.05, 3.63) is 48.7 Å². The summed E-state index contributed by atoms with van der Waals surface area (Å²) in [6.07, 6.45) is 8.70. The molecule has 7 nitrogen and oxygen atoms in total. The molecule has 1 aromatic carbocycles. The van der Waals surface area contributed by atoms with Gasteiger partial charge in [-0.05, 0) is 30.9 Å². The van der Waals surface area contributed by atoms with Crippen molar-refractivity contribution < 1.29 is 0 Å². The van der Waals surface area contributed by atoms with Crippen molar-refractivity contribution in [1.29, 1.82) is 0 Å². The maximum Gasteiger partial charge on any atom is 0.190 e. The summed E-state index contributed by atoms with van der Waals surface area (Å²) in [7, 11) is 1.80. The van der Waals surface area contributed by atoms with Crippen molar-refractivity contribution in [2.75, 3.05) is 20.1 Å². The van der Waals surface area contributed by atoms with Crippen molar-refractivity contribution >= 4 is 40.8 Å². The molecule has 3 aromatic rings. The van der Waals surface area contributed by atoms with E-state index in [1.165, 1.54) is 16.5 Å². The number of aryl methyl sites for hydroxylation is 1. The quantitative estimate of drug-likeness (QED) is 0.206. The van der Waals surface area contributed by atoms with Crippen LogP contribution in [0.1, 0.15) is 18.4 Å². The van der Waals surface area contributed by atoms with E-state index in [0.29, 0.717) is 0 Å². The van der Waals surface area contributed by atoms with E-state index < -0.39 is 0 Å². The Morgan fingerprint density at radius 3 is 2.69 bits per heavy atom. The number of nitrogens with one attached hydrogen (secondary N) is 3. The first-order valence-corrected chi connectivity index (χ1v) is 8.69. The third-order valence-electron chi connectivity index (χ3n) is 4.19. The SMILES string of the molecule is CN=C(NCCCCn1cnnc1)NCCc1c[nH]c2ccccc12.I. The summed E-state index contributed by atoms with van der Waals surface area (Å²) in [5, 5.41) is 15.6. The van der Waals surface area contributed by atoms with E-state index in [1.807, 2.05) is 4.57 Å². The number of halogens is 1. The first-order valence-electron chi connectivity index (χ1n) is 8.69. The molecule has 3 N–H and O–H groups in total. The largest absolute Gasteiger partial charge is 0.361 e. The minimum absolute atomic E-state index is 0. The van der Waals surface area contributed by atoms with Gasteiger partial charge in [0.1, 0.15) is 12.7 Å². The summed E-state index contributed by atoms with van der Waals surface area (Å²) >= 11 is 0. The molecule has 8 heteroatoms. The van der Waals surface area contributed by atoms with E-state index in [1.54, 1.807) is 19.7 Å². The van der Waals surface area contributed by atoms with Gasteiger partial charge in [0.2, 0.25) is 0 Å². The second kappa shape index (κ2) is 10.8. The van der Waals surface area contributed by atoms with Gasteiger partial charge in [-0.1, -0.05) is 18.2 Å². The number of aromatic nitrogens is 4. The monoisotopic (exact) mass is 467 g/mol. The molecule has 0 atom stereocenters. The summed E-state index contributed by atoms with van der Waals surface area (Å²) in [4.78, 5) is 7.59. The second-order valence-corrected chi connectivity index (χ2v) is 5.94. The number of unbranched alkanes of at least 4 members (excludes halogenated alkanes) is 1. The molecule has 0 bridgehead atoms. The van der Waals surface area contributed by atoms with E-state index in [4.69, 9.17) is 0 Å². The number of para-hydroxylation sites is 1. The lowest BCUT2D eigenvalue weighted by Gasteiger charge is -2.11. The molecule has 3 rings (SSSR count). The van der Waals surface area contributed by atoms with E-state index in [9.17, 15) is 0 Å². The summed E-state index contributed by atoms with van der Waals surface area (Å²) in [5.41, 5.74) is 2.51. The fourth-order valence-electron chi connectivity index (χ4n) is 2.84. The predicted molar refractivity (Wildman–Crippen MR) is 116 cm³/mol. The fourth-order valence-corrected chi connectivity index (χ4v) is 2.84. The van der Waals surface area contributed by atoms with Crippen molar-refractivity contribution in [3.63, 3.8) is 0 Å². The first kappa shape index (κ1) is 20.2. The summed E-state index contributed by atoms with van der Waals surface area (Å²) in [5.74, 6) is 0.851. The van der Waals surface area contributed by atoms with Crippen molar-refractivity contribution in [2.24, 2.45) is 4.99 Å². The van der Waals surface area contributed by atoms with Crippen molar-refractivity contribution in [1.82, 2.24) is 30.4 Å². The van der Waals surface area contributed by atoms with Gasteiger partial charge in [0, 0.05) is 43.8 Å². The number of aliphatic imine (C=N–C) groups is 1. The average molecular weight is 467 g/mol. The van der Waals surface area contributed by atoms with Crippen LogP contribution in [-0.4, -0.2) is 45.8 Å². The number of aromatic amines is 1. The molecule has 0 saturated heterocycles. The topological polar surface area (TPSA) is 82.9 Å². The molecule has 0 aliphatic heterocycles. The highest BCUT2D eigenvalue weighted by atomic mass is 127. The number of benzene rings is 1. The van der Waals surface area contributed by atoms with Crippen LogP contribution in [0.2, 0.25) is 0 Å². The molecule has 2 aromatic heterocycles. The van der Waals surface area contributed by atoms with Crippen molar-refractivity contribution in [2.45, 2.75) is 25.8 Å². The number of H-pyrrole nitrogens is 1. The van der Waals surface area contributed by atoms with E-state index in [-0.39, 0.29) is 24.0 Å². The minimum Gasteiger partial charge on any atom is -0.361 e. The fraction of sp³-hybridized carbons (Fsp3) is 0.389. The highest BCUT2D eigenvalue weighted by Crippen LogP contribution is 2.17.